The molecular formula is C10H8IN5O. The Bertz CT molecular complexity index is 537. The Balaban J connectivity index is 1.99. The Morgan fingerprint density at radius 3 is 3.00 bits per heavy atom. The van der Waals surface area contributed by atoms with Gasteiger partial charge in [0, 0.05) is 9.13 Å². The summed E-state index contributed by atoms with van der Waals surface area (Å²) in [6.45, 7) is 0. The molecule has 7 heteroatoms. The number of hydrazone groups is 1. The maximum atomic E-state index is 11.4. The fourth-order valence-electron chi connectivity index (χ4n) is 1.11. The number of benzene rings is 1. The molecule has 1 aromatic carbocycles. The first kappa shape index (κ1) is 11.7. The van der Waals surface area contributed by atoms with Gasteiger partial charge in [-0.3, -0.25) is 9.89 Å². The monoisotopic (exact) mass is 341 g/mol. The number of carbonyl (C=O) groups is 1. The van der Waals surface area contributed by atoms with Gasteiger partial charge in [0.25, 0.3) is 0 Å². The lowest BCUT2D eigenvalue weighted by atomic mass is 10.2. The Labute approximate surface area is 111 Å². The molecule has 1 heterocycles. The van der Waals surface area contributed by atoms with Crippen LogP contribution in [0.25, 0.3) is 0 Å². The molecule has 2 N–H and O–H groups in total. The summed E-state index contributed by atoms with van der Waals surface area (Å²) in [7, 11) is 0. The smallest absolute Gasteiger partial charge is 0.264 e. The fourth-order valence-corrected chi connectivity index (χ4v) is 1.63. The summed E-state index contributed by atoms with van der Waals surface area (Å²) in [6.07, 6.45) is 2.84. The number of carbonyl (C=O) groups excluding carboxylic acids is 1. The standard InChI is InChI=1S/C10H8IN5O/c11-8-4-2-1-3-7(8)5-13-16-10(17)9-12-6-14-15-9/h1-6H,(H,16,17)(H,12,14,15)/b13-5-. The lowest BCUT2D eigenvalue weighted by Gasteiger charge is -1.97. The average Bonchev–Trinajstić information content (AvgIpc) is 2.85. The third kappa shape index (κ3) is 3.09. The van der Waals surface area contributed by atoms with Crippen LogP contribution in [0.2, 0.25) is 0 Å². The molecule has 17 heavy (non-hydrogen) atoms. The van der Waals surface area contributed by atoms with Crippen LogP contribution in [-0.2, 0) is 0 Å². The molecule has 0 saturated carbocycles. The van der Waals surface area contributed by atoms with E-state index in [1.807, 2.05) is 24.3 Å². The van der Waals surface area contributed by atoms with Crippen LogP contribution in [0.15, 0.2) is 35.7 Å². The lowest BCUT2D eigenvalue weighted by molar-refractivity contribution is 0.0945. The van der Waals surface area contributed by atoms with E-state index >= 15 is 0 Å². The molecule has 0 aliphatic heterocycles. The normalized spacial score (nSPS) is 10.6. The Morgan fingerprint density at radius 2 is 2.29 bits per heavy atom. The molecule has 0 spiro atoms. The quantitative estimate of drug-likeness (QED) is 0.500. The predicted molar refractivity (Wildman–Crippen MR) is 70.6 cm³/mol. The molecule has 1 aromatic heterocycles. The molecule has 0 bridgehead atoms. The van der Waals surface area contributed by atoms with Gasteiger partial charge < -0.3 is 0 Å². The minimum Gasteiger partial charge on any atom is -0.264 e. The predicted octanol–water partition coefficient (Wildman–Crippen LogP) is 1.17. The second kappa shape index (κ2) is 5.53. The molecule has 86 valence electrons. The lowest BCUT2D eigenvalue weighted by Crippen LogP contribution is -2.19. The summed E-state index contributed by atoms with van der Waals surface area (Å²) in [6, 6.07) is 7.71. The van der Waals surface area contributed by atoms with E-state index in [9.17, 15) is 4.79 Å². The number of hydrogen-bond donors (Lipinski definition) is 2. The maximum Gasteiger partial charge on any atom is 0.308 e. The zero-order chi connectivity index (χ0) is 12.1. The van der Waals surface area contributed by atoms with Crippen LogP contribution in [-0.4, -0.2) is 27.3 Å². The van der Waals surface area contributed by atoms with Crippen molar-refractivity contribution < 1.29 is 4.79 Å². The van der Waals surface area contributed by atoms with E-state index in [0.717, 1.165) is 9.13 Å². The van der Waals surface area contributed by atoms with Gasteiger partial charge >= 0.3 is 5.91 Å². The molecule has 0 saturated heterocycles. The molecule has 0 unspecified atom stereocenters. The second-order valence-corrected chi connectivity index (χ2v) is 4.22. The number of H-pyrrole nitrogens is 1. The van der Waals surface area contributed by atoms with Gasteiger partial charge in [-0.05, 0) is 28.7 Å². The van der Waals surface area contributed by atoms with Crippen LogP contribution in [0.5, 0.6) is 0 Å². The molecule has 0 aliphatic rings. The van der Waals surface area contributed by atoms with E-state index in [4.69, 9.17) is 0 Å². The van der Waals surface area contributed by atoms with E-state index in [0.29, 0.717) is 0 Å². The van der Waals surface area contributed by atoms with Gasteiger partial charge in [0.05, 0.1) is 6.21 Å². The molecule has 2 rings (SSSR count). The van der Waals surface area contributed by atoms with Gasteiger partial charge in [0.1, 0.15) is 6.33 Å². The van der Waals surface area contributed by atoms with Crippen molar-refractivity contribution in [2.45, 2.75) is 0 Å². The summed E-state index contributed by atoms with van der Waals surface area (Å²) >= 11 is 2.20. The first-order valence-electron chi connectivity index (χ1n) is 4.70. The summed E-state index contributed by atoms with van der Waals surface area (Å²) in [5.41, 5.74) is 3.29. The zero-order valence-electron chi connectivity index (χ0n) is 8.59. The molecule has 0 aliphatic carbocycles. The molecule has 0 atom stereocenters. The molecule has 0 fully saturated rings. The summed E-state index contributed by atoms with van der Waals surface area (Å²) in [5.74, 6) is -0.297. The Kier molecular flexibility index (Phi) is 3.81. The SMILES string of the molecule is O=C(N/N=C\c1ccccc1I)c1ncn[nH]1. The minimum absolute atomic E-state index is 0.130. The van der Waals surface area contributed by atoms with Crippen molar-refractivity contribution in [3.05, 3.63) is 45.6 Å². The van der Waals surface area contributed by atoms with Crippen molar-refractivity contribution in [1.82, 2.24) is 20.6 Å². The van der Waals surface area contributed by atoms with Crippen LogP contribution >= 0.6 is 22.6 Å². The van der Waals surface area contributed by atoms with Crippen molar-refractivity contribution >= 4 is 34.7 Å². The van der Waals surface area contributed by atoms with Crippen LogP contribution in [0.3, 0.4) is 0 Å². The maximum absolute atomic E-state index is 11.4. The van der Waals surface area contributed by atoms with Gasteiger partial charge in [-0.1, -0.05) is 18.2 Å². The Hall–Kier alpha value is -1.77. The molecule has 6 nitrogen and oxygen atoms in total. The van der Waals surface area contributed by atoms with Crippen molar-refractivity contribution in [2.75, 3.05) is 0 Å². The van der Waals surface area contributed by atoms with E-state index in [1.54, 1.807) is 6.21 Å². The first-order chi connectivity index (χ1) is 8.27. The topological polar surface area (TPSA) is 83.0 Å². The van der Waals surface area contributed by atoms with Crippen molar-refractivity contribution in [3.8, 4) is 0 Å². The number of amides is 1. The van der Waals surface area contributed by atoms with Crippen molar-refractivity contribution in [3.63, 3.8) is 0 Å². The first-order valence-corrected chi connectivity index (χ1v) is 5.78. The fraction of sp³-hybridized carbons (Fsp3) is 0. The molecule has 0 radical (unpaired) electrons. The number of nitrogens with zero attached hydrogens (tertiary/aromatic N) is 3. The summed E-state index contributed by atoms with van der Waals surface area (Å²) < 4.78 is 1.06. The number of aromatic amines is 1. The van der Waals surface area contributed by atoms with Crippen LogP contribution in [0.1, 0.15) is 16.2 Å². The molecule has 2 aromatic rings. The van der Waals surface area contributed by atoms with E-state index in [1.165, 1.54) is 6.33 Å². The van der Waals surface area contributed by atoms with Gasteiger partial charge in [-0.25, -0.2) is 10.4 Å². The van der Waals surface area contributed by atoms with Gasteiger partial charge in [0.15, 0.2) is 0 Å². The van der Waals surface area contributed by atoms with Crippen molar-refractivity contribution in [1.29, 1.82) is 0 Å². The third-order valence-electron chi connectivity index (χ3n) is 1.91. The minimum atomic E-state index is -0.426. The highest BCUT2D eigenvalue weighted by atomic mass is 127. The number of rotatable bonds is 3. The highest BCUT2D eigenvalue weighted by molar-refractivity contribution is 14.1. The molecule has 1 amide bonds. The highest BCUT2D eigenvalue weighted by Gasteiger charge is 2.05. The van der Waals surface area contributed by atoms with Crippen molar-refractivity contribution in [2.24, 2.45) is 5.10 Å². The summed E-state index contributed by atoms with van der Waals surface area (Å²) in [4.78, 5) is 15.1. The Morgan fingerprint density at radius 1 is 1.47 bits per heavy atom. The average molecular weight is 341 g/mol. The largest absolute Gasteiger partial charge is 0.308 e. The summed E-state index contributed by atoms with van der Waals surface area (Å²) in [5, 5.41) is 9.86. The molecular weight excluding hydrogens is 333 g/mol. The zero-order valence-corrected chi connectivity index (χ0v) is 10.7. The number of aromatic nitrogens is 3. The third-order valence-corrected chi connectivity index (χ3v) is 2.89. The van der Waals surface area contributed by atoms with E-state index < -0.39 is 5.91 Å². The number of halogens is 1. The van der Waals surface area contributed by atoms with Crippen LogP contribution < -0.4 is 5.43 Å². The van der Waals surface area contributed by atoms with Gasteiger partial charge in [-0.15, -0.1) is 0 Å². The van der Waals surface area contributed by atoms with Crippen LogP contribution in [0, 0.1) is 3.57 Å². The van der Waals surface area contributed by atoms with Gasteiger partial charge in [0.2, 0.25) is 5.82 Å². The van der Waals surface area contributed by atoms with Crippen LogP contribution in [0.4, 0.5) is 0 Å². The van der Waals surface area contributed by atoms with E-state index in [2.05, 4.69) is 48.3 Å². The number of hydrogen-bond acceptors (Lipinski definition) is 4. The second-order valence-electron chi connectivity index (χ2n) is 3.05. The highest BCUT2D eigenvalue weighted by Crippen LogP contribution is 2.08. The van der Waals surface area contributed by atoms with Gasteiger partial charge in [-0.2, -0.15) is 10.2 Å². The number of nitrogens with one attached hydrogen (secondary N) is 2. The van der Waals surface area contributed by atoms with E-state index in [-0.39, 0.29) is 5.82 Å².